The van der Waals surface area contributed by atoms with Crippen molar-refractivity contribution >= 4 is 23.4 Å². The Bertz CT molecular complexity index is 443. The summed E-state index contributed by atoms with van der Waals surface area (Å²) in [5.41, 5.74) is 1.05. The van der Waals surface area contributed by atoms with E-state index >= 15 is 0 Å². The third-order valence-electron chi connectivity index (χ3n) is 1.90. The third-order valence-corrected chi connectivity index (χ3v) is 2.40. The zero-order valence-corrected chi connectivity index (χ0v) is 9.20. The standard InChI is InChI=1S/C10H10N4OS/c15-10(12-9-7-16-14-13-9)11-6-8-4-2-1-3-5-8/h1-5,7H,6H2,(H2,11,12,15). The first-order chi connectivity index (χ1) is 7.84. The zero-order valence-electron chi connectivity index (χ0n) is 8.38. The summed E-state index contributed by atoms with van der Waals surface area (Å²) in [6, 6.07) is 9.41. The van der Waals surface area contributed by atoms with Crippen LogP contribution in [0.4, 0.5) is 10.6 Å². The van der Waals surface area contributed by atoms with Crippen molar-refractivity contribution in [1.29, 1.82) is 0 Å². The first kappa shape index (κ1) is 10.6. The van der Waals surface area contributed by atoms with Crippen LogP contribution >= 0.6 is 11.5 Å². The van der Waals surface area contributed by atoms with Gasteiger partial charge in [-0.1, -0.05) is 34.8 Å². The molecule has 2 rings (SSSR count). The van der Waals surface area contributed by atoms with Gasteiger partial charge in [0.1, 0.15) is 0 Å². The number of hydrogen-bond donors (Lipinski definition) is 2. The fourth-order valence-corrected chi connectivity index (χ4v) is 1.55. The average molecular weight is 234 g/mol. The normalized spacial score (nSPS) is 9.75. The van der Waals surface area contributed by atoms with Crippen LogP contribution in [0.1, 0.15) is 5.56 Å². The molecule has 1 aromatic heterocycles. The molecule has 0 atom stereocenters. The summed E-state index contributed by atoms with van der Waals surface area (Å²) in [4.78, 5) is 11.4. The average Bonchev–Trinajstić information content (AvgIpc) is 2.81. The highest BCUT2D eigenvalue weighted by Crippen LogP contribution is 2.03. The lowest BCUT2D eigenvalue weighted by Gasteiger charge is -2.04. The first-order valence-electron chi connectivity index (χ1n) is 4.70. The van der Waals surface area contributed by atoms with Gasteiger partial charge < -0.3 is 5.32 Å². The van der Waals surface area contributed by atoms with Gasteiger partial charge in [-0.3, -0.25) is 5.32 Å². The summed E-state index contributed by atoms with van der Waals surface area (Å²) in [7, 11) is 0. The summed E-state index contributed by atoms with van der Waals surface area (Å²) in [5.74, 6) is 0.468. The molecule has 0 bridgehead atoms. The minimum absolute atomic E-state index is 0.281. The van der Waals surface area contributed by atoms with Crippen LogP contribution in [0.2, 0.25) is 0 Å². The summed E-state index contributed by atoms with van der Waals surface area (Å²) >= 11 is 1.19. The number of urea groups is 1. The van der Waals surface area contributed by atoms with Gasteiger partial charge in [0.15, 0.2) is 5.82 Å². The number of hydrogen-bond acceptors (Lipinski definition) is 4. The number of amides is 2. The second kappa shape index (κ2) is 5.22. The van der Waals surface area contributed by atoms with E-state index in [2.05, 4.69) is 20.2 Å². The van der Waals surface area contributed by atoms with E-state index in [1.54, 1.807) is 5.38 Å². The molecule has 2 N–H and O–H groups in total. The molecular formula is C10H10N4OS. The van der Waals surface area contributed by atoms with Gasteiger partial charge in [0.05, 0.1) is 5.38 Å². The fraction of sp³-hybridized carbons (Fsp3) is 0.100. The Balaban J connectivity index is 1.80. The van der Waals surface area contributed by atoms with E-state index in [4.69, 9.17) is 0 Å². The third kappa shape index (κ3) is 3.03. The zero-order chi connectivity index (χ0) is 11.2. The van der Waals surface area contributed by atoms with Gasteiger partial charge in [0, 0.05) is 6.54 Å². The summed E-state index contributed by atoms with van der Waals surface area (Å²) in [5, 5.41) is 10.7. The monoisotopic (exact) mass is 234 g/mol. The predicted octanol–water partition coefficient (Wildman–Crippen LogP) is 1.86. The minimum Gasteiger partial charge on any atom is -0.334 e. The molecule has 82 valence electrons. The van der Waals surface area contributed by atoms with E-state index < -0.39 is 0 Å². The van der Waals surface area contributed by atoms with Crippen LogP contribution in [-0.4, -0.2) is 15.6 Å². The van der Waals surface area contributed by atoms with E-state index in [9.17, 15) is 4.79 Å². The van der Waals surface area contributed by atoms with Crippen molar-refractivity contribution < 1.29 is 4.79 Å². The summed E-state index contributed by atoms with van der Waals surface area (Å²) in [6.07, 6.45) is 0. The molecule has 0 radical (unpaired) electrons. The van der Waals surface area contributed by atoms with E-state index in [0.29, 0.717) is 12.4 Å². The van der Waals surface area contributed by atoms with Crippen molar-refractivity contribution in [2.24, 2.45) is 0 Å². The molecule has 0 aliphatic heterocycles. The Hall–Kier alpha value is -1.95. The maximum atomic E-state index is 11.4. The molecule has 6 heteroatoms. The number of benzene rings is 1. The van der Waals surface area contributed by atoms with Crippen LogP contribution in [0.25, 0.3) is 0 Å². The molecule has 2 amide bonds. The van der Waals surface area contributed by atoms with Gasteiger partial charge in [-0.05, 0) is 17.1 Å². The molecule has 0 fully saturated rings. The van der Waals surface area contributed by atoms with Crippen molar-refractivity contribution in [3.05, 3.63) is 41.3 Å². The van der Waals surface area contributed by atoms with E-state index in [0.717, 1.165) is 5.56 Å². The van der Waals surface area contributed by atoms with Crippen LogP contribution in [0.3, 0.4) is 0 Å². The lowest BCUT2D eigenvalue weighted by Crippen LogP contribution is -2.28. The van der Waals surface area contributed by atoms with Crippen LogP contribution in [-0.2, 0) is 6.54 Å². The molecule has 5 nitrogen and oxygen atoms in total. The minimum atomic E-state index is -0.281. The van der Waals surface area contributed by atoms with Crippen LogP contribution in [0.5, 0.6) is 0 Å². The largest absolute Gasteiger partial charge is 0.334 e. The van der Waals surface area contributed by atoms with Crippen molar-refractivity contribution in [2.45, 2.75) is 6.54 Å². The number of nitrogens with zero attached hydrogens (tertiary/aromatic N) is 2. The highest BCUT2D eigenvalue weighted by atomic mass is 32.1. The Morgan fingerprint density at radius 2 is 2.12 bits per heavy atom. The van der Waals surface area contributed by atoms with Gasteiger partial charge in [0.25, 0.3) is 0 Å². The van der Waals surface area contributed by atoms with Crippen molar-refractivity contribution in [2.75, 3.05) is 5.32 Å². The lowest BCUT2D eigenvalue weighted by molar-refractivity contribution is 0.251. The molecule has 1 aromatic carbocycles. The number of aromatic nitrogens is 2. The van der Waals surface area contributed by atoms with Gasteiger partial charge in [-0.2, -0.15) is 0 Å². The second-order valence-electron chi connectivity index (χ2n) is 3.08. The smallest absolute Gasteiger partial charge is 0.320 e. The number of carbonyl (C=O) groups is 1. The molecule has 0 saturated heterocycles. The number of nitrogens with one attached hydrogen (secondary N) is 2. The van der Waals surface area contributed by atoms with Crippen molar-refractivity contribution in [1.82, 2.24) is 14.9 Å². The Labute approximate surface area is 96.7 Å². The molecule has 0 aliphatic rings. The molecule has 0 unspecified atom stereocenters. The number of carbonyl (C=O) groups excluding carboxylic acids is 1. The highest BCUT2D eigenvalue weighted by Gasteiger charge is 2.02. The fourth-order valence-electron chi connectivity index (χ4n) is 1.16. The van der Waals surface area contributed by atoms with E-state index in [1.807, 2.05) is 30.3 Å². The van der Waals surface area contributed by atoms with Gasteiger partial charge in [-0.25, -0.2) is 4.79 Å². The molecule has 0 spiro atoms. The molecule has 1 heterocycles. The van der Waals surface area contributed by atoms with Crippen LogP contribution < -0.4 is 10.6 Å². The second-order valence-corrected chi connectivity index (χ2v) is 3.69. The van der Waals surface area contributed by atoms with Gasteiger partial charge in [0.2, 0.25) is 0 Å². The van der Waals surface area contributed by atoms with Crippen molar-refractivity contribution in [3.8, 4) is 0 Å². The first-order valence-corrected chi connectivity index (χ1v) is 5.54. The quantitative estimate of drug-likeness (QED) is 0.851. The lowest BCUT2D eigenvalue weighted by atomic mass is 10.2. The van der Waals surface area contributed by atoms with Crippen LogP contribution in [0, 0.1) is 0 Å². The Morgan fingerprint density at radius 3 is 2.81 bits per heavy atom. The van der Waals surface area contributed by atoms with Gasteiger partial charge >= 0.3 is 6.03 Å². The van der Waals surface area contributed by atoms with Gasteiger partial charge in [-0.15, -0.1) is 5.10 Å². The molecule has 2 aromatic rings. The summed E-state index contributed by atoms with van der Waals surface area (Å²) in [6.45, 7) is 0.490. The molecular weight excluding hydrogens is 224 g/mol. The topological polar surface area (TPSA) is 66.9 Å². The molecule has 16 heavy (non-hydrogen) atoms. The highest BCUT2D eigenvalue weighted by molar-refractivity contribution is 7.03. The summed E-state index contributed by atoms with van der Waals surface area (Å²) < 4.78 is 3.64. The van der Waals surface area contributed by atoms with Crippen LogP contribution in [0.15, 0.2) is 35.7 Å². The SMILES string of the molecule is O=C(NCc1ccccc1)Nc1csnn1. The van der Waals surface area contributed by atoms with E-state index in [-0.39, 0.29) is 6.03 Å². The molecule has 0 aliphatic carbocycles. The predicted molar refractivity (Wildman–Crippen MR) is 62.2 cm³/mol. The Kier molecular flexibility index (Phi) is 3.45. The number of anilines is 1. The maximum Gasteiger partial charge on any atom is 0.320 e. The van der Waals surface area contributed by atoms with E-state index in [1.165, 1.54) is 11.5 Å². The Morgan fingerprint density at radius 1 is 1.31 bits per heavy atom. The van der Waals surface area contributed by atoms with Crippen molar-refractivity contribution in [3.63, 3.8) is 0 Å². The molecule has 0 saturated carbocycles. The maximum absolute atomic E-state index is 11.4. The number of rotatable bonds is 3.